The summed E-state index contributed by atoms with van der Waals surface area (Å²) in [7, 11) is 0. The van der Waals surface area contributed by atoms with Gasteiger partial charge >= 0.3 is 0 Å². The highest BCUT2D eigenvalue weighted by Crippen LogP contribution is 2.30. The van der Waals surface area contributed by atoms with Gasteiger partial charge in [-0.2, -0.15) is 0 Å². The number of hydrogen-bond acceptors (Lipinski definition) is 3. The zero-order chi connectivity index (χ0) is 13.5. The van der Waals surface area contributed by atoms with Gasteiger partial charge in [0.1, 0.15) is 0 Å². The number of carbonyl (C=O) groups excluding carboxylic acids is 1. The second kappa shape index (κ2) is 7.85. The fourth-order valence-electron chi connectivity index (χ4n) is 3.63. The van der Waals surface area contributed by atoms with Crippen molar-refractivity contribution in [3.05, 3.63) is 0 Å². The normalized spacial score (nSPS) is 31.9. The second-order valence-corrected chi connectivity index (χ2v) is 6.05. The maximum atomic E-state index is 10.9. The summed E-state index contributed by atoms with van der Waals surface area (Å²) in [6, 6.07) is 1.35. The number of carbonyl (C=O) groups is 1. The Hall–Kier alpha value is -0.610. The van der Waals surface area contributed by atoms with Gasteiger partial charge in [0.2, 0.25) is 5.91 Å². The third kappa shape index (κ3) is 4.77. The number of rotatable bonds is 5. The molecule has 1 amide bonds. The average molecular weight is 267 g/mol. The maximum absolute atomic E-state index is 10.9. The van der Waals surface area contributed by atoms with E-state index in [0.29, 0.717) is 12.1 Å². The lowest BCUT2D eigenvalue weighted by Gasteiger charge is -2.40. The Morgan fingerprint density at radius 1 is 1.11 bits per heavy atom. The topological polar surface area (TPSA) is 53.2 Å². The van der Waals surface area contributed by atoms with Crippen molar-refractivity contribution in [2.45, 2.75) is 64.0 Å². The van der Waals surface area contributed by atoms with Crippen LogP contribution in [0.15, 0.2) is 0 Å². The predicted octanol–water partition coefficient (Wildman–Crippen LogP) is 1.41. The Balaban J connectivity index is 1.76. The number of amides is 1. The summed E-state index contributed by atoms with van der Waals surface area (Å²) in [5.41, 5.74) is 0. The molecule has 0 aromatic heterocycles. The van der Waals surface area contributed by atoms with Crippen LogP contribution >= 0.6 is 0 Å². The fourth-order valence-corrected chi connectivity index (χ4v) is 3.63. The molecule has 0 aromatic carbocycles. The third-order valence-electron chi connectivity index (χ3n) is 4.59. The van der Waals surface area contributed by atoms with Gasteiger partial charge in [-0.1, -0.05) is 19.3 Å². The van der Waals surface area contributed by atoms with Crippen LogP contribution in [0.25, 0.3) is 0 Å². The molecule has 2 fully saturated rings. The quantitative estimate of drug-likeness (QED) is 0.660. The van der Waals surface area contributed by atoms with Gasteiger partial charge in [-0.15, -0.1) is 0 Å². The molecule has 2 rings (SSSR count). The summed E-state index contributed by atoms with van der Waals surface area (Å²) in [4.78, 5) is 10.9. The van der Waals surface area contributed by atoms with Gasteiger partial charge in [0, 0.05) is 32.1 Å². The number of nitrogens with one attached hydrogen (secondary N) is 3. The number of piperidine rings is 1. The molecule has 1 saturated heterocycles. The van der Waals surface area contributed by atoms with E-state index in [2.05, 4.69) is 16.0 Å². The van der Waals surface area contributed by atoms with Crippen molar-refractivity contribution in [3.63, 3.8) is 0 Å². The lowest BCUT2D eigenvalue weighted by Crippen LogP contribution is -2.51. The Bertz CT molecular complexity index is 277. The van der Waals surface area contributed by atoms with Crippen LogP contribution in [0.3, 0.4) is 0 Å². The SMILES string of the molecule is CC(=O)NCCNC1CCCCC1C1CCCCN1. The summed E-state index contributed by atoms with van der Waals surface area (Å²) in [6.45, 7) is 4.42. The second-order valence-electron chi connectivity index (χ2n) is 6.05. The highest BCUT2D eigenvalue weighted by atomic mass is 16.1. The Labute approximate surface area is 117 Å². The van der Waals surface area contributed by atoms with Gasteiger partial charge in [-0.3, -0.25) is 4.79 Å². The minimum atomic E-state index is 0.0657. The molecular weight excluding hydrogens is 238 g/mol. The summed E-state index contributed by atoms with van der Waals surface area (Å²) >= 11 is 0. The molecule has 1 heterocycles. The molecule has 2 aliphatic rings. The largest absolute Gasteiger partial charge is 0.355 e. The van der Waals surface area contributed by atoms with Crippen LogP contribution < -0.4 is 16.0 Å². The summed E-state index contributed by atoms with van der Waals surface area (Å²) < 4.78 is 0. The third-order valence-corrected chi connectivity index (χ3v) is 4.59. The van der Waals surface area contributed by atoms with Gasteiger partial charge in [0.05, 0.1) is 0 Å². The molecule has 4 nitrogen and oxygen atoms in total. The molecule has 19 heavy (non-hydrogen) atoms. The van der Waals surface area contributed by atoms with E-state index in [1.54, 1.807) is 6.92 Å². The minimum Gasteiger partial charge on any atom is -0.355 e. The zero-order valence-corrected chi connectivity index (χ0v) is 12.2. The fraction of sp³-hybridized carbons (Fsp3) is 0.933. The predicted molar refractivity (Wildman–Crippen MR) is 78.1 cm³/mol. The molecule has 1 saturated carbocycles. The first-order chi connectivity index (χ1) is 9.27. The van der Waals surface area contributed by atoms with E-state index in [9.17, 15) is 4.79 Å². The van der Waals surface area contributed by atoms with Crippen molar-refractivity contribution in [1.82, 2.24) is 16.0 Å². The molecule has 3 atom stereocenters. The molecule has 110 valence electrons. The van der Waals surface area contributed by atoms with Crippen molar-refractivity contribution in [2.24, 2.45) is 5.92 Å². The minimum absolute atomic E-state index is 0.0657. The van der Waals surface area contributed by atoms with Crippen LogP contribution in [-0.2, 0) is 4.79 Å². The Morgan fingerprint density at radius 3 is 2.63 bits per heavy atom. The van der Waals surface area contributed by atoms with E-state index in [1.807, 2.05) is 0 Å². The Morgan fingerprint density at radius 2 is 1.89 bits per heavy atom. The lowest BCUT2D eigenvalue weighted by atomic mass is 9.77. The molecule has 0 bridgehead atoms. The highest BCUT2D eigenvalue weighted by Gasteiger charge is 2.31. The van der Waals surface area contributed by atoms with Crippen molar-refractivity contribution in [3.8, 4) is 0 Å². The molecule has 4 heteroatoms. The molecule has 3 N–H and O–H groups in total. The van der Waals surface area contributed by atoms with E-state index in [0.717, 1.165) is 19.0 Å². The van der Waals surface area contributed by atoms with Gasteiger partial charge in [0.25, 0.3) is 0 Å². The van der Waals surface area contributed by atoms with Crippen molar-refractivity contribution in [1.29, 1.82) is 0 Å². The monoisotopic (exact) mass is 267 g/mol. The van der Waals surface area contributed by atoms with Gasteiger partial charge in [0.15, 0.2) is 0 Å². The molecule has 0 spiro atoms. The van der Waals surface area contributed by atoms with Crippen molar-refractivity contribution < 1.29 is 4.79 Å². The van der Waals surface area contributed by atoms with E-state index < -0.39 is 0 Å². The van der Waals surface area contributed by atoms with Gasteiger partial charge in [-0.25, -0.2) is 0 Å². The van der Waals surface area contributed by atoms with E-state index in [-0.39, 0.29) is 5.91 Å². The first-order valence-corrected chi connectivity index (χ1v) is 7.98. The van der Waals surface area contributed by atoms with E-state index in [4.69, 9.17) is 0 Å². The first kappa shape index (κ1) is 14.8. The number of hydrogen-bond donors (Lipinski definition) is 3. The van der Waals surface area contributed by atoms with E-state index >= 15 is 0 Å². The van der Waals surface area contributed by atoms with Crippen LogP contribution in [-0.4, -0.2) is 37.6 Å². The van der Waals surface area contributed by atoms with Gasteiger partial charge < -0.3 is 16.0 Å². The van der Waals surface area contributed by atoms with Crippen LogP contribution in [0, 0.1) is 5.92 Å². The highest BCUT2D eigenvalue weighted by molar-refractivity contribution is 5.72. The van der Waals surface area contributed by atoms with E-state index in [1.165, 1.54) is 51.5 Å². The molecular formula is C15H29N3O. The molecule has 0 aromatic rings. The van der Waals surface area contributed by atoms with Crippen molar-refractivity contribution in [2.75, 3.05) is 19.6 Å². The average Bonchev–Trinajstić information content (AvgIpc) is 2.45. The van der Waals surface area contributed by atoms with Crippen LogP contribution in [0.4, 0.5) is 0 Å². The smallest absolute Gasteiger partial charge is 0.216 e. The Kier molecular flexibility index (Phi) is 6.11. The molecule has 0 radical (unpaired) electrons. The zero-order valence-electron chi connectivity index (χ0n) is 12.2. The molecule has 1 aliphatic heterocycles. The van der Waals surface area contributed by atoms with Crippen LogP contribution in [0.2, 0.25) is 0 Å². The summed E-state index contributed by atoms with van der Waals surface area (Å²) in [6.07, 6.45) is 9.44. The lowest BCUT2D eigenvalue weighted by molar-refractivity contribution is -0.118. The summed E-state index contributed by atoms with van der Waals surface area (Å²) in [5.74, 6) is 0.849. The van der Waals surface area contributed by atoms with Gasteiger partial charge in [-0.05, 0) is 38.1 Å². The van der Waals surface area contributed by atoms with Crippen LogP contribution in [0.1, 0.15) is 51.9 Å². The first-order valence-electron chi connectivity index (χ1n) is 7.98. The summed E-state index contributed by atoms with van der Waals surface area (Å²) in [5, 5.41) is 10.2. The van der Waals surface area contributed by atoms with Crippen molar-refractivity contribution >= 4 is 5.91 Å². The molecule has 1 aliphatic carbocycles. The van der Waals surface area contributed by atoms with Crippen LogP contribution in [0.5, 0.6) is 0 Å². The molecule has 3 unspecified atom stereocenters. The standard InChI is InChI=1S/C15H29N3O/c1-12(19)16-10-11-18-15-7-3-2-6-13(15)14-8-4-5-9-17-14/h13-15,17-18H,2-11H2,1H3,(H,16,19). The maximum Gasteiger partial charge on any atom is 0.216 e.